The quantitative estimate of drug-likeness (QED) is 0.761. The molecule has 0 bridgehead atoms. The summed E-state index contributed by atoms with van der Waals surface area (Å²) in [5, 5.41) is 3.68. The minimum atomic E-state index is 0.603. The summed E-state index contributed by atoms with van der Waals surface area (Å²) in [6, 6.07) is 6.72. The van der Waals surface area contributed by atoms with Crippen molar-refractivity contribution < 1.29 is 0 Å². The van der Waals surface area contributed by atoms with Crippen molar-refractivity contribution in [2.75, 3.05) is 11.1 Å². The minimum absolute atomic E-state index is 0.603. The van der Waals surface area contributed by atoms with Gasteiger partial charge >= 0.3 is 0 Å². The van der Waals surface area contributed by atoms with Crippen molar-refractivity contribution in [2.45, 2.75) is 46.1 Å². The summed E-state index contributed by atoms with van der Waals surface area (Å²) in [5.41, 5.74) is 9.18. The Morgan fingerprint density at radius 2 is 2.00 bits per heavy atom. The van der Waals surface area contributed by atoms with Gasteiger partial charge in [0.25, 0.3) is 0 Å². The molecule has 2 rings (SSSR count). The van der Waals surface area contributed by atoms with Gasteiger partial charge in [-0.1, -0.05) is 19.9 Å². The number of benzene rings is 1. The predicted octanol–water partition coefficient (Wildman–Crippen LogP) is 3.81. The van der Waals surface area contributed by atoms with Gasteiger partial charge in [0, 0.05) is 17.4 Å². The van der Waals surface area contributed by atoms with E-state index in [2.05, 4.69) is 38.2 Å². The molecule has 1 fully saturated rings. The second-order valence-electron chi connectivity index (χ2n) is 5.72. The second-order valence-corrected chi connectivity index (χ2v) is 5.72. The van der Waals surface area contributed by atoms with Gasteiger partial charge in [-0.15, -0.1) is 0 Å². The maximum atomic E-state index is 5.85. The van der Waals surface area contributed by atoms with E-state index in [0.29, 0.717) is 6.04 Å². The molecule has 0 aliphatic heterocycles. The highest BCUT2D eigenvalue weighted by atomic mass is 14.9. The van der Waals surface area contributed by atoms with E-state index in [0.717, 1.165) is 17.5 Å². The van der Waals surface area contributed by atoms with Gasteiger partial charge in [-0.2, -0.15) is 0 Å². The lowest BCUT2D eigenvalue weighted by Crippen LogP contribution is -2.33. The summed E-state index contributed by atoms with van der Waals surface area (Å²) in [6.07, 6.45) is 3.94. The van der Waals surface area contributed by atoms with Crippen molar-refractivity contribution in [1.82, 2.24) is 0 Å². The Hall–Kier alpha value is -1.18. The molecule has 0 aromatic heterocycles. The van der Waals surface area contributed by atoms with Crippen LogP contribution in [0, 0.1) is 18.8 Å². The van der Waals surface area contributed by atoms with Crippen LogP contribution in [0.5, 0.6) is 0 Å². The molecule has 3 N–H and O–H groups in total. The molecule has 2 heteroatoms. The topological polar surface area (TPSA) is 38.0 Å². The molecular weight excluding hydrogens is 208 g/mol. The Labute approximate surface area is 105 Å². The molecule has 0 radical (unpaired) electrons. The summed E-state index contributed by atoms with van der Waals surface area (Å²) in [7, 11) is 0. The fourth-order valence-electron chi connectivity index (χ4n) is 2.87. The minimum Gasteiger partial charge on any atom is -0.399 e. The van der Waals surface area contributed by atoms with Gasteiger partial charge in [0.15, 0.2) is 0 Å². The molecule has 1 aliphatic carbocycles. The van der Waals surface area contributed by atoms with Crippen LogP contribution in [-0.2, 0) is 0 Å². The third-order valence-electron chi connectivity index (χ3n) is 4.03. The summed E-state index contributed by atoms with van der Waals surface area (Å²) in [5.74, 6) is 1.63. The highest BCUT2D eigenvalue weighted by Gasteiger charge is 2.25. The molecule has 1 aromatic rings. The van der Waals surface area contributed by atoms with Crippen LogP contribution in [0.4, 0.5) is 11.4 Å². The van der Waals surface area contributed by atoms with E-state index in [1.165, 1.54) is 30.5 Å². The lowest BCUT2D eigenvalue weighted by Gasteiger charge is -2.34. The summed E-state index contributed by atoms with van der Waals surface area (Å²) in [4.78, 5) is 0. The molecular formula is C15H24N2. The van der Waals surface area contributed by atoms with E-state index >= 15 is 0 Å². The van der Waals surface area contributed by atoms with E-state index in [1.807, 2.05) is 6.07 Å². The lowest BCUT2D eigenvalue weighted by atomic mass is 9.80. The van der Waals surface area contributed by atoms with E-state index < -0.39 is 0 Å². The maximum absolute atomic E-state index is 5.85. The van der Waals surface area contributed by atoms with E-state index in [9.17, 15) is 0 Å². The zero-order valence-corrected chi connectivity index (χ0v) is 11.2. The average Bonchev–Trinajstić information content (AvgIpc) is 2.27. The van der Waals surface area contributed by atoms with Crippen LogP contribution >= 0.6 is 0 Å². The van der Waals surface area contributed by atoms with Crippen molar-refractivity contribution in [2.24, 2.45) is 11.8 Å². The smallest absolute Gasteiger partial charge is 0.0392 e. The highest BCUT2D eigenvalue weighted by molar-refractivity contribution is 5.59. The summed E-state index contributed by atoms with van der Waals surface area (Å²) < 4.78 is 0. The molecule has 0 amide bonds. The Kier molecular flexibility index (Phi) is 3.60. The summed E-state index contributed by atoms with van der Waals surface area (Å²) in [6.45, 7) is 6.85. The Morgan fingerprint density at radius 3 is 2.71 bits per heavy atom. The molecule has 3 unspecified atom stereocenters. The van der Waals surface area contributed by atoms with Crippen molar-refractivity contribution in [1.29, 1.82) is 0 Å². The second kappa shape index (κ2) is 4.99. The Bertz CT molecular complexity index is 387. The molecule has 3 atom stereocenters. The number of anilines is 2. The Balaban J connectivity index is 2.07. The van der Waals surface area contributed by atoms with Crippen LogP contribution in [0.15, 0.2) is 18.2 Å². The third-order valence-corrected chi connectivity index (χ3v) is 4.03. The van der Waals surface area contributed by atoms with Crippen LogP contribution in [0.2, 0.25) is 0 Å². The van der Waals surface area contributed by atoms with Crippen molar-refractivity contribution in [3.63, 3.8) is 0 Å². The highest BCUT2D eigenvalue weighted by Crippen LogP contribution is 2.31. The number of nitrogens with two attached hydrogens (primary N) is 1. The molecule has 1 aliphatic rings. The van der Waals surface area contributed by atoms with Crippen molar-refractivity contribution in [3.05, 3.63) is 23.8 Å². The standard InChI is InChI=1S/C15H24N2/c1-10-4-7-14(12(3)8-10)17-15-9-13(16)6-5-11(15)2/h5-6,9-10,12,14,17H,4,7-8,16H2,1-3H3. The number of hydrogen-bond donors (Lipinski definition) is 2. The predicted molar refractivity (Wildman–Crippen MR) is 75.2 cm³/mol. The van der Waals surface area contributed by atoms with Crippen LogP contribution < -0.4 is 11.1 Å². The van der Waals surface area contributed by atoms with Gasteiger partial charge in [-0.3, -0.25) is 0 Å². The van der Waals surface area contributed by atoms with Crippen LogP contribution in [0.1, 0.15) is 38.7 Å². The van der Waals surface area contributed by atoms with Gasteiger partial charge in [-0.25, -0.2) is 0 Å². The van der Waals surface area contributed by atoms with E-state index in [-0.39, 0.29) is 0 Å². The molecule has 0 saturated heterocycles. The summed E-state index contributed by atoms with van der Waals surface area (Å²) >= 11 is 0. The largest absolute Gasteiger partial charge is 0.399 e. The zero-order valence-electron chi connectivity index (χ0n) is 11.2. The first-order valence-electron chi connectivity index (χ1n) is 6.69. The number of aryl methyl sites for hydroxylation is 1. The van der Waals surface area contributed by atoms with Gasteiger partial charge in [0.1, 0.15) is 0 Å². The number of nitrogen functional groups attached to an aromatic ring is 1. The lowest BCUT2D eigenvalue weighted by molar-refractivity contribution is 0.276. The van der Waals surface area contributed by atoms with E-state index in [4.69, 9.17) is 5.73 Å². The first-order valence-corrected chi connectivity index (χ1v) is 6.69. The fourth-order valence-corrected chi connectivity index (χ4v) is 2.87. The first kappa shape index (κ1) is 12.3. The van der Waals surface area contributed by atoms with Crippen molar-refractivity contribution in [3.8, 4) is 0 Å². The fraction of sp³-hybridized carbons (Fsp3) is 0.600. The maximum Gasteiger partial charge on any atom is 0.0392 e. The Morgan fingerprint density at radius 1 is 1.24 bits per heavy atom. The molecule has 0 heterocycles. The molecule has 94 valence electrons. The first-order chi connectivity index (χ1) is 8.06. The molecule has 0 spiro atoms. The third kappa shape index (κ3) is 2.93. The monoisotopic (exact) mass is 232 g/mol. The normalized spacial score (nSPS) is 29.0. The number of rotatable bonds is 2. The zero-order chi connectivity index (χ0) is 12.4. The van der Waals surface area contributed by atoms with Crippen LogP contribution in [0.25, 0.3) is 0 Å². The number of hydrogen-bond acceptors (Lipinski definition) is 2. The molecule has 17 heavy (non-hydrogen) atoms. The van der Waals surface area contributed by atoms with Crippen LogP contribution in [0.3, 0.4) is 0 Å². The molecule has 2 nitrogen and oxygen atoms in total. The van der Waals surface area contributed by atoms with Gasteiger partial charge in [0.05, 0.1) is 0 Å². The van der Waals surface area contributed by atoms with Crippen molar-refractivity contribution >= 4 is 11.4 Å². The molecule has 1 saturated carbocycles. The SMILES string of the molecule is Cc1ccc(N)cc1NC1CCC(C)CC1C. The van der Waals surface area contributed by atoms with Gasteiger partial charge < -0.3 is 11.1 Å². The average molecular weight is 232 g/mol. The molecule has 1 aromatic carbocycles. The van der Waals surface area contributed by atoms with Gasteiger partial charge in [-0.05, 0) is 55.7 Å². The van der Waals surface area contributed by atoms with Gasteiger partial charge in [0.2, 0.25) is 0 Å². The number of nitrogens with one attached hydrogen (secondary N) is 1. The van der Waals surface area contributed by atoms with Crippen LogP contribution in [-0.4, -0.2) is 6.04 Å². The van der Waals surface area contributed by atoms with E-state index in [1.54, 1.807) is 0 Å².